The molecule has 0 heterocycles. The van der Waals surface area contributed by atoms with Crippen LogP contribution in [0.5, 0.6) is 0 Å². The van der Waals surface area contributed by atoms with Crippen LogP contribution in [0.15, 0.2) is 0 Å². The molecule has 0 amide bonds. The van der Waals surface area contributed by atoms with Gasteiger partial charge in [0, 0.05) is 0 Å². The third-order valence-corrected chi connectivity index (χ3v) is 3.03. The number of unbranched alkanes of at least 4 members (excludes halogenated alkanes) is 2. The second-order valence-corrected chi connectivity index (χ2v) is 5.70. The predicted molar refractivity (Wildman–Crippen MR) is 79.3 cm³/mol. The van der Waals surface area contributed by atoms with Gasteiger partial charge in [-0.3, -0.25) is 9.59 Å². The molecular weight excluding hydrogens is 256 g/mol. The van der Waals surface area contributed by atoms with Crippen molar-refractivity contribution >= 4 is 11.9 Å². The van der Waals surface area contributed by atoms with Crippen LogP contribution in [0.25, 0.3) is 0 Å². The Morgan fingerprint density at radius 2 is 1.60 bits per heavy atom. The number of carbonyl (C=O) groups excluding carboxylic acids is 2. The predicted octanol–water partition coefficient (Wildman–Crippen LogP) is 3.87. The lowest BCUT2D eigenvalue weighted by Crippen LogP contribution is -2.17. The Morgan fingerprint density at radius 3 is 2.20 bits per heavy atom. The molecule has 0 rings (SSSR count). The van der Waals surface area contributed by atoms with Gasteiger partial charge in [-0.15, -0.1) is 0 Å². The minimum Gasteiger partial charge on any atom is -0.466 e. The summed E-state index contributed by atoms with van der Waals surface area (Å²) in [6, 6.07) is 0. The first-order valence-corrected chi connectivity index (χ1v) is 7.80. The summed E-state index contributed by atoms with van der Waals surface area (Å²) in [4.78, 5) is 22.9. The van der Waals surface area contributed by atoms with Gasteiger partial charge in [-0.25, -0.2) is 0 Å². The van der Waals surface area contributed by atoms with Crippen molar-refractivity contribution in [1.82, 2.24) is 0 Å². The molecule has 0 aromatic carbocycles. The van der Waals surface area contributed by atoms with Crippen LogP contribution in [0.4, 0.5) is 0 Å². The van der Waals surface area contributed by atoms with E-state index in [1.54, 1.807) is 0 Å². The van der Waals surface area contributed by atoms with Crippen molar-refractivity contribution in [2.45, 2.75) is 78.7 Å². The van der Waals surface area contributed by atoms with Crippen LogP contribution in [0.1, 0.15) is 72.6 Å². The fraction of sp³-hybridized carbons (Fsp3) is 0.875. The molecule has 0 aromatic heterocycles. The first-order valence-electron chi connectivity index (χ1n) is 7.80. The SMILES string of the molecule is CCCCCOC(=O)CCC(=O)OC(C)CCC(C)C. The van der Waals surface area contributed by atoms with Crippen molar-refractivity contribution in [2.75, 3.05) is 6.61 Å². The topological polar surface area (TPSA) is 52.6 Å². The van der Waals surface area contributed by atoms with E-state index in [9.17, 15) is 9.59 Å². The highest BCUT2D eigenvalue weighted by Crippen LogP contribution is 2.10. The summed E-state index contributed by atoms with van der Waals surface area (Å²) < 4.78 is 10.3. The highest BCUT2D eigenvalue weighted by molar-refractivity contribution is 5.77. The maximum absolute atomic E-state index is 11.5. The van der Waals surface area contributed by atoms with Crippen molar-refractivity contribution in [2.24, 2.45) is 5.92 Å². The average Bonchev–Trinajstić information content (AvgIpc) is 2.39. The Bertz CT molecular complexity index is 274. The van der Waals surface area contributed by atoms with Gasteiger partial charge in [0.05, 0.1) is 25.6 Å². The van der Waals surface area contributed by atoms with Gasteiger partial charge in [-0.2, -0.15) is 0 Å². The lowest BCUT2D eigenvalue weighted by molar-refractivity contribution is -0.153. The van der Waals surface area contributed by atoms with Crippen molar-refractivity contribution < 1.29 is 19.1 Å². The molecule has 0 radical (unpaired) electrons. The van der Waals surface area contributed by atoms with Crippen LogP contribution < -0.4 is 0 Å². The smallest absolute Gasteiger partial charge is 0.306 e. The van der Waals surface area contributed by atoms with Gasteiger partial charge < -0.3 is 9.47 Å². The van der Waals surface area contributed by atoms with Crippen molar-refractivity contribution in [3.05, 3.63) is 0 Å². The van der Waals surface area contributed by atoms with Crippen LogP contribution in [0.3, 0.4) is 0 Å². The number of hydrogen-bond donors (Lipinski definition) is 0. The van der Waals surface area contributed by atoms with Crippen molar-refractivity contribution in [1.29, 1.82) is 0 Å². The van der Waals surface area contributed by atoms with Gasteiger partial charge in [0.25, 0.3) is 0 Å². The third kappa shape index (κ3) is 12.0. The Morgan fingerprint density at radius 1 is 0.950 bits per heavy atom. The van der Waals surface area contributed by atoms with Gasteiger partial charge in [-0.1, -0.05) is 33.6 Å². The van der Waals surface area contributed by atoms with Crippen molar-refractivity contribution in [3.8, 4) is 0 Å². The Labute approximate surface area is 123 Å². The van der Waals surface area contributed by atoms with Crippen LogP contribution >= 0.6 is 0 Å². The number of esters is 2. The highest BCUT2D eigenvalue weighted by Gasteiger charge is 2.12. The first-order chi connectivity index (χ1) is 9.45. The molecule has 0 aliphatic heterocycles. The molecule has 0 saturated heterocycles. The normalized spacial score (nSPS) is 12.2. The third-order valence-electron chi connectivity index (χ3n) is 3.03. The fourth-order valence-electron chi connectivity index (χ4n) is 1.72. The van der Waals surface area contributed by atoms with E-state index in [-0.39, 0.29) is 30.9 Å². The molecule has 0 aromatic rings. The lowest BCUT2D eigenvalue weighted by atomic mass is 10.1. The van der Waals surface area contributed by atoms with E-state index >= 15 is 0 Å². The standard InChI is InChI=1S/C16H30O4/c1-5-6-7-12-19-15(17)10-11-16(18)20-14(4)9-8-13(2)3/h13-14H,5-12H2,1-4H3. The van der Waals surface area contributed by atoms with Gasteiger partial charge in [0.15, 0.2) is 0 Å². The van der Waals surface area contributed by atoms with E-state index < -0.39 is 0 Å². The quantitative estimate of drug-likeness (QED) is 0.427. The zero-order valence-corrected chi connectivity index (χ0v) is 13.4. The summed E-state index contributed by atoms with van der Waals surface area (Å²) in [5.41, 5.74) is 0. The fourth-order valence-corrected chi connectivity index (χ4v) is 1.72. The van der Waals surface area contributed by atoms with Crippen LogP contribution in [-0.2, 0) is 19.1 Å². The second kappa shape index (κ2) is 11.7. The molecular formula is C16H30O4. The van der Waals surface area contributed by atoms with E-state index in [0.29, 0.717) is 12.5 Å². The van der Waals surface area contributed by atoms with Gasteiger partial charge in [0.2, 0.25) is 0 Å². The summed E-state index contributed by atoms with van der Waals surface area (Å²) in [7, 11) is 0. The maximum Gasteiger partial charge on any atom is 0.306 e. The van der Waals surface area contributed by atoms with Crippen LogP contribution in [0.2, 0.25) is 0 Å². The largest absolute Gasteiger partial charge is 0.466 e. The number of rotatable bonds is 11. The summed E-state index contributed by atoms with van der Waals surface area (Å²) in [5, 5.41) is 0. The number of hydrogen-bond acceptors (Lipinski definition) is 4. The van der Waals surface area contributed by atoms with Crippen LogP contribution in [-0.4, -0.2) is 24.6 Å². The molecule has 1 atom stereocenters. The van der Waals surface area contributed by atoms with E-state index in [1.165, 1.54) is 0 Å². The molecule has 4 nitrogen and oxygen atoms in total. The molecule has 118 valence electrons. The molecule has 0 fully saturated rings. The van der Waals surface area contributed by atoms with Gasteiger partial charge in [-0.05, 0) is 32.1 Å². The average molecular weight is 286 g/mol. The van der Waals surface area contributed by atoms with Crippen molar-refractivity contribution in [3.63, 3.8) is 0 Å². The van der Waals surface area contributed by atoms with E-state index in [0.717, 1.165) is 32.1 Å². The minimum atomic E-state index is -0.313. The maximum atomic E-state index is 11.5. The minimum absolute atomic E-state index is 0.0783. The summed E-state index contributed by atoms with van der Waals surface area (Å²) >= 11 is 0. The molecule has 0 aliphatic carbocycles. The highest BCUT2D eigenvalue weighted by atomic mass is 16.5. The first kappa shape index (κ1) is 18.9. The molecule has 0 aliphatic rings. The zero-order chi connectivity index (χ0) is 15.4. The Balaban J connectivity index is 3.63. The molecule has 0 N–H and O–H groups in total. The second-order valence-electron chi connectivity index (χ2n) is 5.70. The van der Waals surface area contributed by atoms with Gasteiger partial charge in [0.1, 0.15) is 0 Å². The number of ether oxygens (including phenoxy) is 2. The molecule has 4 heteroatoms. The van der Waals surface area contributed by atoms with Gasteiger partial charge >= 0.3 is 11.9 Å². The lowest BCUT2D eigenvalue weighted by Gasteiger charge is -2.14. The van der Waals surface area contributed by atoms with E-state index in [4.69, 9.17) is 9.47 Å². The molecule has 0 saturated carbocycles. The molecule has 0 bridgehead atoms. The summed E-state index contributed by atoms with van der Waals surface area (Å²) in [5.74, 6) is -0.0195. The number of carbonyl (C=O) groups is 2. The molecule has 20 heavy (non-hydrogen) atoms. The Kier molecular flexibility index (Phi) is 11.1. The van der Waals surface area contributed by atoms with Crippen LogP contribution in [0, 0.1) is 5.92 Å². The monoisotopic (exact) mass is 286 g/mol. The summed E-state index contributed by atoms with van der Waals surface area (Å²) in [6.07, 6.45) is 5.09. The summed E-state index contributed by atoms with van der Waals surface area (Å²) in [6.45, 7) is 8.72. The Hall–Kier alpha value is -1.06. The molecule has 1 unspecified atom stereocenters. The zero-order valence-electron chi connectivity index (χ0n) is 13.4. The van der Waals surface area contributed by atoms with E-state index in [2.05, 4.69) is 20.8 Å². The molecule has 0 spiro atoms. The van der Waals surface area contributed by atoms with E-state index in [1.807, 2.05) is 6.92 Å².